The van der Waals surface area contributed by atoms with E-state index in [9.17, 15) is 0 Å². The van der Waals surface area contributed by atoms with Crippen LogP contribution in [-0.2, 0) is 6.54 Å². The summed E-state index contributed by atoms with van der Waals surface area (Å²) >= 11 is 1.67. The Hall–Kier alpha value is -1.95. The summed E-state index contributed by atoms with van der Waals surface area (Å²) in [5.74, 6) is 0.478. The van der Waals surface area contributed by atoms with Crippen LogP contribution in [-0.4, -0.2) is 20.0 Å². The molecule has 0 aliphatic rings. The highest BCUT2D eigenvalue weighted by Crippen LogP contribution is 2.22. The molecule has 0 fully saturated rings. The maximum atomic E-state index is 5.66. The number of para-hydroxylation sites is 1. The number of hydrogen-bond acceptors (Lipinski definition) is 5. The van der Waals surface area contributed by atoms with Gasteiger partial charge in [0.05, 0.1) is 22.5 Å². The number of nitrogens with zero attached hydrogens (tertiary/aromatic N) is 4. The Morgan fingerprint density at radius 2 is 2.18 bits per heavy atom. The standard InChI is InChI=1S/C11H11N5S/c1-7-11(12)14-15-16(7)6-10-13-8-4-2-3-5-9(8)17-10/h2-5H,6,12H2,1H3. The highest BCUT2D eigenvalue weighted by molar-refractivity contribution is 7.18. The van der Waals surface area contributed by atoms with Gasteiger partial charge in [0, 0.05) is 0 Å². The third kappa shape index (κ3) is 1.76. The Bertz CT molecular complexity index is 636. The van der Waals surface area contributed by atoms with E-state index in [1.165, 1.54) is 4.70 Å². The van der Waals surface area contributed by atoms with Crippen molar-refractivity contribution in [2.45, 2.75) is 13.5 Å². The number of hydrogen-bond donors (Lipinski definition) is 1. The van der Waals surface area contributed by atoms with Gasteiger partial charge in [0.2, 0.25) is 0 Å². The summed E-state index contributed by atoms with van der Waals surface area (Å²) in [4.78, 5) is 4.55. The molecule has 2 aromatic heterocycles. The highest BCUT2D eigenvalue weighted by Gasteiger charge is 2.08. The molecule has 0 radical (unpaired) electrons. The van der Waals surface area contributed by atoms with Crippen molar-refractivity contribution in [3.8, 4) is 0 Å². The molecule has 1 aromatic carbocycles. The predicted molar refractivity (Wildman–Crippen MR) is 67.9 cm³/mol. The fourth-order valence-corrected chi connectivity index (χ4v) is 2.59. The van der Waals surface area contributed by atoms with Crippen LogP contribution in [0.15, 0.2) is 24.3 Å². The van der Waals surface area contributed by atoms with E-state index in [1.54, 1.807) is 16.0 Å². The molecule has 5 nitrogen and oxygen atoms in total. The van der Waals surface area contributed by atoms with Gasteiger partial charge in [-0.05, 0) is 19.1 Å². The zero-order valence-corrected chi connectivity index (χ0v) is 10.1. The summed E-state index contributed by atoms with van der Waals surface area (Å²) in [6, 6.07) is 8.09. The first kappa shape index (κ1) is 10.2. The molecule has 6 heteroatoms. The van der Waals surface area contributed by atoms with E-state index in [-0.39, 0.29) is 0 Å². The molecule has 0 saturated carbocycles. The molecule has 3 aromatic rings. The zero-order chi connectivity index (χ0) is 11.8. The van der Waals surface area contributed by atoms with Crippen LogP contribution in [0.2, 0.25) is 0 Å². The van der Waals surface area contributed by atoms with Crippen LogP contribution >= 0.6 is 11.3 Å². The topological polar surface area (TPSA) is 69.6 Å². The van der Waals surface area contributed by atoms with Crippen LogP contribution in [0.4, 0.5) is 5.82 Å². The number of aromatic nitrogens is 4. The lowest BCUT2D eigenvalue weighted by Crippen LogP contribution is -2.03. The van der Waals surface area contributed by atoms with Gasteiger partial charge in [-0.15, -0.1) is 16.4 Å². The van der Waals surface area contributed by atoms with Gasteiger partial charge in [-0.1, -0.05) is 17.3 Å². The summed E-state index contributed by atoms with van der Waals surface area (Å²) in [5.41, 5.74) is 7.56. The van der Waals surface area contributed by atoms with E-state index in [1.807, 2.05) is 25.1 Å². The van der Waals surface area contributed by atoms with E-state index in [4.69, 9.17) is 5.73 Å². The second-order valence-electron chi connectivity index (χ2n) is 3.79. The van der Waals surface area contributed by atoms with Gasteiger partial charge in [0.25, 0.3) is 0 Å². The number of anilines is 1. The van der Waals surface area contributed by atoms with Crippen LogP contribution in [0.5, 0.6) is 0 Å². The lowest BCUT2D eigenvalue weighted by molar-refractivity contribution is 0.632. The van der Waals surface area contributed by atoms with Gasteiger partial charge >= 0.3 is 0 Å². The average Bonchev–Trinajstić information content (AvgIpc) is 2.87. The molecule has 2 N–H and O–H groups in total. The third-order valence-corrected chi connectivity index (χ3v) is 3.66. The van der Waals surface area contributed by atoms with Gasteiger partial charge < -0.3 is 5.73 Å². The summed E-state index contributed by atoms with van der Waals surface area (Å²) in [6.07, 6.45) is 0. The lowest BCUT2D eigenvalue weighted by atomic mass is 10.3. The second kappa shape index (κ2) is 3.81. The summed E-state index contributed by atoms with van der Waals surface area (Å²) in [6.45, 7) is 2.53. The van der Waals surface area contributed by atoms with Crippen molar-refractivity contribution in [3.63, 3.8) is 0 Å². The molecule has 0 saturated heterocycles. The Kier molecular flexibility index (Phi) is 2.29. The highest BCUT2D eigenvalue weighted by atomic mass is 32.1. The van der Waals surface area contributed by atoms with Crippen LogP contribution in [0, 0.1) is 6.92 Å². The maximum Gasteiger partial charge on any atom is 0.168 e. The van der Waals surface area contributed by atoms with Crippen LogP contribution in [0.1, 0.15) is 10.7 Å². The number of nitrogen functional groups attached to an aromatic ring is 1. The predicted octanol–water partition coefficient (Wildman–Crippen LogP) is 1.83. The molecule has 86 valence electrons. The van der Waals surface area contributed by atoms with E-state index < -0.39 is 0 Å². The third-order valence-electron chi connectivity index (χ3n) is 2.64. The van der Waals surface area contributed by atoms with Gasteiger partial charge in [0.15, 0.2) is 5.82 Å². The smallest absolute Gasteiger partial charge is 0.168 e. The lowest BCUT2D eigenvalue weighted by Gasteiger charge is -1.98. The maximum absolute atomic E-state index is 5.66. The monoisotopic (exact) mass is 245 g/mol. The van der Waals surface area contributed by atoms with E-state index in [0.29, 0.717) is 12.4 Å². The molecular formula is C11H11N5S. The van der Waals surface area contributed by atoms with Crippen molar-refractivity contribution in [3.05, 3.63) is 35.0 Å². The van der Waals surface area contributed by atoms with Crippen LogP contribution < -0.4 is 5.73 Å². The van der Waals surface area contributed by atoms with Gasteiger partial charge in [-0.25, -0.2) is 9.67 Å². The summed E-state index contributed by atoms with van der Waals surface area (Å²) < 4.78 is 2.96. The number of benzene rings is 1. The van der Waals surface area contributed by atoms with Crippen molar-refractivity contribution in [1.29, 1.82) is 0 Å². The number of rotatable bonds is 2. The molecule has 0 amide bonds. The Morgan fingerprint density at radius 3 is 2.88 bits per heavy atom. The normalized spacial score (nSPS) is 11.1. The molecule has 0 unspecified atom stereocenters. The van der Waals surface area contributed by atoms with Crippen molar-refractivity contribution >= 4 is 27.4 Å². The quantitative estimate of drug-likeness (QED) is 0.747. The van der Waals surface area contributed by atoms with Crippen molar-refractivity contribution in [2.24, 2.45) is 0 Å². The Labute approximate surface area is 102 Å². The largest absolute Gasteiger partial charge is 0.381 e. The van der Waals surface area contributed by atoms with Crippen LogP contribution in [0.3, 0.4) is 0 Å². The van der Waals surface area contributed by atoms with E-state index in [2.05, 4.69) is 21.4 Å². The number of nitrogens with two attached hydrogens (primary N) is 1. The van der Waals surface area contributed by atoms with Crippen molar-refractivity contribution in [2.75, 3.05) is 5.73 Å². The first-order valence-corrected chi connectivity index (χ1v) is 6.05. The molecular weight excluding hydrogens is 234 g/mol. The zero-order valence-electron chi connectivity index (χ0n) is 9.29. The fourth-order valence-electron chi connectivity index (χ4n) is 1.64. The minimum absolute atomic E-state index is 0.478. The average molecular weight is 245 g/mol. The molecule has 0 aliphatic heterocycles. The van der Waals surface area contributed by atoms with Gasteiger partial charge in [-0.3, -0.25) is 0 Å². The summed E-state index contributed by atoms with van der Waals surface area (Å²) in [7, 11) is 0. The van der Waals surface area contributed by atoms with Gasteiger partial charge in [0.1, 0.15) is 5.01 Å². The molecule has 0 bridgehead atoms. The molecule has 0 atom stereocenters. The number of thiazole rings is 1. The molecule has 3 rings (SSSR count). The number of fused-ring (bicyclic) bond motifs is 1. The first-order chi connectivity index (χ1) is 8.24. The molecule has 17 heavy (non-hydrogen) atoms. The molecule has 0 aliphatic carbocycles. The first-order valence-electron chi connectivity index (χ1n) is 5.24. The fraction of sp³-hybridized carbons (Fsp3) is 0.182. The second-order valence-corrected chi connectivity index (χ2v) is 4.91. The van der Waals surface area contributed by atoms with E-state index >= 15 is 0 Å². The minimum atomic E-state index is 0.478. The van der Waals surface area contributed by atoms with Crippen molar-refractivity contribution < 1.29 is 0 Å². The van der Waals surface area contributed by atoms with Crippen LogP contribution in [0.25, 0.3) is 10.2 Å². The van der Waals surface area contributed by atoms with E-state index in [0.717, 1.165) is 16.2 Å². The Balaban J connectivity index is 1.97. The van der Waals surface area contributed by atoms with Gasteiger partial charge in [-0.2, -0.15) is 0 Å². The van der Waals surface area contributed by atoms with Crippen molar-refractivity contribution in [1.82, 2.24) is 20.0 Å². The minimum Gasteiger partial charge on any atom is -0.381 e. The molecule has 0 spiro atoms. The molecule has 2 heterocycles. The SMILES string of the molecule is Cc1c(N)nnn1Cc1nc2ccccc2s1. The Morgan fingerprint density at radius 1 is 1.35 bits per heavy atom. The summed E-state index contributed by atoms with van der Waals surface area (Å²) in [5, 5.41) is 8.84.